The minimum atomic E-state index is -1.54. The first-order chi connectivity index (χ1) is 21.8. The quantitative estimate of drug-likeness (QED) is 0.160. The van der Waals surface area contributed by atoms with Gasteiger partial charge in [-0.15, -0.1) is 0 Å². The molecule has 1 aromatic rings. The van der Waals surface area contributed by atoms with E-state index in [-0.39, 0.29) is 29.5 Å². The molecule has 3 heterocycles. The summed E-state index contributed by atoms with van der Waals surface area (Å²) in [6.07, 6.45) is 2.91. The van der Waals surface area contributed by atoms with Crippen molar-refractivity contribution in [3.63, 3.8) is 0 Å². The number of fused-ring (bicyclic) bond motifs is 1. The van der Waals surface area contributed by atoms with Crippen LogP contribution < -0.4 is 4.90 Å². The number of esters is 1. The molecule has 8 unspecified atom stereocenters. The van der Waals surface area contributed by atoms with Gasteiger partial charge < -0.3 is 49.4 Å². The number of anilines is 1. The molecule has 252 valence electrons. The van der Waals surface area contributed by atoms with Crippen molar-refractivity contribution >= 4 is 17.7 Å². The Morgan fingerprint density at radius 1 is 1.02 bits per heavy atom. The Kier molecular flexibility index (Phi) is 9.01. The molecule has 5 aliphatic rings. The van der Waals surface area contributed by atoms with Gasteiger partial charge in [0, 0.05) is 31.1 Å². The van der Waals surface area contributed by atoms with Crippen LogP contribution in [-0.4, -0.2) is 108 Å². The minimum absolute atomic E-state index is 0.0109. The van der Waals surface area contributed by atoms with Crippen molar-refractivity contribution < 1.29 is 49.3 Å². The average Bonchev–Trinajstić information content (AvgIpc) is 3.72. The zero-order chi connectivity index (χ0) is 33.0. The minimum Gasteiger partial charge on any atom is -0.423 e. The van der Waals surface area contributed by atoms with E-state index in [0.29, 0.717) is 30.8 Å². The number of cyclic esters (lactones) is 1. The van der Waals surface area contributed by atoms with E-state index in [4.69, 9.17) is 18.9 Å². The van der Waals surface area contributed by atoms with Crippen LogP contribution in [0.4, 0.5) is 5.69 Å². The van der Waals surface area contributed by atoms with Crippen LogP contribution in [-0.2, 0) is 23.7 Å². The molecule has 1 aromatic carbocycles. The molecule has 3 aliphatic heterocycles. The summed E-state index contributed by atoms with van der Waals surface area (Å²) in [6.45, 7) is 4.10. The zero-order valence-electron chi connectivity index (χ0n) is 26.9. The Morgan fingerprint density at radius 2 is 1.74 bits per heavy atom. The summed E-state index contributed by atoms with van der Waals surface area (Å²) in [5, 5.41) is 51.7. The van der Waals surface area contributed by atoms with Crippen molar-refractivity contribution in [1.29, 1.82) is 0 Å². The second-order valence-electron chi connectivity index (χ2n) is 14.3. The van der Waals surface area contributed by atoms with Gasteiger partial charge >= 0.3 is 5.97 Å². The van der Waals surface area contributed by atoms with E-state index in [2.05, 4.69) is 13.0 Å². The van der Waals surface area contributed by atoms with Crippen LogP contribution >= 0.6 is 0 Å². The molecule has 11 nitrogen and oxygen atoms in total. The van der Waals surface area contributed by atoms with Gasteiger partial charge in [-0.2, -0.15) is 0 Å². The first-order valence-corrected chi connectivity index (χ1v) is 16.2. The Hall–Kier alpha value is -2.61. The molecule has 0 bridgehead atoms. The highest BCUT2D eigenvalue weighted by Gasteiger charge is 2.67. The predicted octanol–water partition coefficient (Wildman–Crippen LogP) is 1.91. The van der Waals surface area contributed by atoms with E-state index in [1.54, 1.807) is 6.08 Å². The Balaban J connectivity index is 1.22. The Bertz CT molecular complexity index is 1380. The van der Waals surface area contributed by atoms with Gasteiger partial charge in [0.25, 0.3) is 0 Å². The maximum absolute atomic E-state index is 12.9. The molecule has 5 N–H and O–H groups in total. The number of hydrogen-bond donors (Lipinski definition) is 5. The lowest BCUT2D eigenvalue weighted by molar-refractivity contribution is -0.330. The fourth-order valence-corrected chi connectivity index (χ4v) is 8.52. The fourth-order valence-electron chi connectivity index (χ4n) is 8.52. The van der Waals surface area contributed by atoms with Gasteiger partial charge in [-0.25, -0.2) is 4.79 Å². The summed E-state index contributed by atoms with van der Waals surface area (Å²) in [4.78, 5) is 14.9. The van der Waals surface area contributed by atoms with Gasteiger partial charge in [-0.05, 0) is 66.9 Å². The zero-order valence-corrected chi connectivity index (χ0v) is 26.9. The summed E-state index contributed by atoms with van der Waals surface area (Å²) in [5.41, 5.74) is 1.08. The molecule has 0 aromatic heterocycles. The third-order valence-corrected chi connectivity index (χ3v) is 11.3. The van der Waals surface area contributed by atoms with Crippen molar-refractivity contribution in [2.24, 2.45) is 22.7 Å². The number of ether oxygens (including phenoxy) is 4. The molecule has 2 aliphatic carbocycles. The number of benzene rings is 1. The molecule has 6 rings (SSSR count). The van der Waals surface area contributed by atoms with E-state index in [0.717, 1.165) is 24.1 Å². The Labute approximate surface area is 269 Å². The first-order valence-electron chi connectivity index (χ1n) is 16.2. The van der Waals surface area contributed by atoms with E-state index in [9.17, 15) is 30.3 Å². The van der Waals surface area contributed by atoms with Crippen LogP contribution in [0.25, 0.3) is 6.08 Å². The van der Waals surface area contributed by atoms with Crippen LogP contribution in [0.3, 0.4) is 0 Å². The van der Waals surface area contributed by atoms with Crippen LogP contribution in [0.5, 0.6) is 0 Å². The number of hydrogen-bond acceptors (Lipinski definition) is 11. The molecule has 1 spiro atoms. The molecule has 4 fully saturated rings. The van der Waals surface area contributed by atoms with Gasteiger partial charge in [0.1, 0.15) is 30.2 Å². The number of carbonyl (C=O) groups is 1. The topological polar surface area (TPSA) is 162 Å². The highest BCUT2D eigenvalue weighted by molar-refractivity contribution is 5.96. The second-order valence-corrected chi connectivity index (χ2v) is 14.3. The van der Waals surface area contributed by atoms with Crippen LogP contribution in [0.2, 0.25) is 0 Å². The molecule has 2 saturated carbocycles. The molecule has 11 atom stereocenters. The van der Waals surface area contributed by atoms with Gasteiger partial charge in [0.05, 0.1) is 37.1 Å². The molecular weight excluding hydrogens is 594 g/mol. The third kappa shape index (κ3) is 5.75. The highest BCUT2D eigenvalue weighted by atomic mass is 16.7. The first kappa shape index (κ1) is 33.3. The Morgan fingerprint density at radius 3 is 2.37 bits per heavy atom. The summed E-state index contributed by atoms with van der Waals surface area (Å²) >= 11 is 0. The maximum Gasteiger partial charge on any atom is 0.343 e. The summed E-state index contributed by atoms with van der Waals surface area (Å²) in [6, 6.07) is 7.97. The lowest BCUT2D eigenvalue weighted by atomic mass is 9.45. The maximum atomic E-state index is 12.9. The molecule has 46 heavy (non-hydrogen) atoms. The summed E-state index contributed by atoms with van der Waals surface area (Å²) in [5.74, 6) is 0.0138. The smallest absolute Gasteiger partial charge is 0.343 e. The lowest BCUT2D eigenvalue weighted by Crippen LogP contribution is -2.64. The predicted molar refractivity (Wildman–Crippen MR) is 168 cm³/mol. The molecule has 11 heteroatoms. The summed E-state index contributed by atoms with van der Waals surface area (Å²) < 4.78 is 23.6. The lowest BCUT2D eigenvalue weighted by Gasteiger charge is -2.61. The van der Waals surface area contributed by atoms with Crippen molar-refractivity contribution in [2.75, 3.05) is 38.8 Å². The van der Waals surface area contributed by atoms with Crippen molar-refractivity contribution in [3.05, 3.63) is 59.4 Å². The molecule has 0 radical (unpaired) electrons. The summed E-state index contributed by atoms with van der Waals surface area (Å²) in [7, 11) is 3.96. The number of nitrogens with zero attached hydrogens (tertiary/aromatic N) is 1. The van der Waals surface area contributed by atoms with Crippen molar-refractivity contribution in [3.8, 4) is 0 Å². The molecular formula is C35H47NO10. The van der Waals surface area contributed by atoms with E-state index in [1.165, 1.54) is 0 Å². The fraction of sp³-hybridized carbons (Fsp3) is 0.629. The van der Waals surface area contributed by atoms with Crippen LogP contribution in [0.15, 0.2) is 53.8 Å². The number of epoxide rings is 1. The van der Waals surface area contributed by atoms with Gasteiger partial charge in [0.15, 0.2) is 6.29 Å². The SMILES string of the molecule is CN(C)c1ccc(/C=C2C=C(/C=C/C3C4(CCC5[C@]3(C)CC[C@@H](OC3OC(CO)C(O)C(O)C3O)[C@@]5(C)CO)CO4)C(=O)O\2)cc1. The molecule has 0 amide bonds. The van der Waals surface area contributed by atoms with Gasteiger partial charge in [-0.3, -0.25) is 0 Å². The van der Waals surface area contributed by atoms with Gasteiger partial charge in [0.2, 0.25) is 0 Å². The van der Waals surface area contributed by atoms with Crippen LogP contribution in [0, 0.1) is 22.7 Å². The monoisotopic (exact) mass is 641 g/mol. The number of aliphatic hydroxyl groups is 5. The van der Waals surface area contributed by atoms with Crippen molar-refractivity contribution in [2.45, 2.75) is 81.9 Å². The normalized spacial score (nSPS) is 43.1. The average molecular weight is 642 g/mol. The number of allylic oxidation sites excluding steroid dienone is 1. The second kappa shape index (κ2) is 12.4. The standard InChI is InChI=1S/C35H47NO10/c1-33-13-12-27(46-32-30(41)29(40)28(39)24(17-37)45-32)34(2,18-38)25(33)11-14-35(19-43-35)26(33)10-7-21-16-23(44-31(21)42)15-20-5-8-22(9-6-20)36(3)4/h5-10,15-16,24-30,32,37-41H,11-14,17-19H2,1-4H3/b10-7+,23-15+/t24?,25?,26?,27-,28?,29?,30?,32?,33+,34+,35?/m1/s1. The number of aliphatic hydroxyl groups excluding tert-OH is 5. The largest absolute Gasteiger partial charge is 0.423 e. The van der Waals surface area contributed by atoms with Crippen LogP contribution in [0.1, 0.15) is 45.1 Å². The van der Waals surface area contributed by atoms with E-state index in [1.807, 2.05) is 62.3 Å². The van der Waals surface area contributed by atoms with Gasteiger partial charge in [-0.1, -0.05) is 38.1 Å². The van der Waals surface area contributed by atoms with E-state index >= 15 is 0 Å². The highest BCUT2D eigenvalue weighted by Crippen LogP contribution is 2.66. The third-order valence-electron chi connectivity index (χ3n) is 11.3. The number of carbonyl (C=O) groups excluding carboxylic acids is 1. The molecule has 2 saturated heterocycles. The van der Waals surface area contributed by atoms with E-state index < -0.39 is 54.8 Å². The number of rotatable bonds is 8. The van der Waals surface area contributed by atoms with Crippen molar-refractivity contribution in [1.82, 2.24) is 0 Å².